The topological polar surface area (TPSA) is 9.23 Å². The highest BCUT2D eigenvalue weighted by molar-refractivity contribution is 4.77. The fourth-order valence-corrected chi connectivity index (χ4v) is 1.55. The molecule has 0 radical (unpaired) electrons. The lowest BCUT2D eigenvalue weighted by atomic mass is 9.80. The molecule has 0 aromatic carbocycles. The number of ether oxygens (including phenoxy) is 1. The largest absolute Gasteiger partial charge is 0.378 e. The molecule has 1 heteroatoms. The molecule has 1 heterocycles. The molecule has 0 aliphatic carbocycles. The SMILES string of the molecule is CC1[C@@H](C)[C@H](C)CO[C@@H]1C. The van der Waals surface area contributed by atoms with Gasteiger partial charge in [-0.1, -0.05) is 20.8 Å². The first-order valence-corrected chi connectivity index (χ1v) is 4.24. The maximum atomic E-state index is 5.57. The summed E-state index contributed by atoms with van der Waals surface area (Å²) in [5.41, 5.74) is 0. The third-order valence-electron chi connectivity index (χ3n) is 3.09. The Morgan fingerprint density at radius 3 is 2.10 bits per heavy atom. The van der Waals surface area contributed by atoms with Crippen molar-refractivity contribution >= 4 is 0 Å². The summed E-state index contributed by atoms with van der Waals surface area (Å²) in [5.74, 6) is 2.29. The molecule has 1 nitrogen and oxygen atoms in total. The van der Waals surface area contributed by atoms with E-state index in [1.807, 2.05) is 0 Å². The Labute approximate surface area is 63.8 Å². The van der Waals surface area contributed by atoms with E-state index in [-0.39, 0.29) is 0 Å². The van der Waals surface area contributed by atoms with Crippen molar-refractivity contribution in [1.82, 2.24) is 0 Å². The Hall–Kier alpha value is -0.0400. The predicted octanol–water partition coefficient (Wildman–Crippen LogP) is 2.31. The number of hydrogen-bond acceptors (Lipinski definition) is 1. The molecule has 1 aliphatic heterocycles. The van der Waals surface area contributed by atoms with Crippen LogP contribution in [0.15, 0.2) is 0 Å². The number of hydrogen-bond donors (Lipinski definition) is 0. The molecule has 0 spiro atoms. The summed E-state index contributed by atoms with van der Waals surface area (Å²) in [6, 6.07) is 0. The highest BCUT2D eigenvalue weighted by atomic mass is 16.5. The zero-order chi connectivity index (χ0) is 7.72. The quantitative estimate of drug-likeness (QED) is 0.504. The molecule has 1 unspecified atom stereocenters. The molecule has 1 saturated heterocycles. The first kappa shape index (κ1) is 8.06. The van der Waals surface area contributed by atoms with Crippen molar-refractivity contribution in [3.05, 3.63) is 0 Å². The highest BCUT2D eigenvalue weighted by Gasteiger charge is 2.29. The predicted molar refractivity (Wildman–Crippen MR) is 42.9 cm³/mol. The Morgan fingerprint density at radius 1 is 1.00 bits per heavy atom. The monoisotopic (exact) mass is 142 g/mol. The Bertz CT molecular complexity index is 97.3. The lowest BCUT2D eigenvalue weighted by Gasteiger charge is -2.36. The van der Waals surface area contributed by atoms with Gasteiger partial charge in [-0.2, -0.15) is 0 Å². The lowest BCUT2D eigenvalue weighted by molar-refractivity contribution is -0.0661. The molecule has 10 heavy (non-hydrogen) atoms. The Balaban J connectivity index is 2.52. The third-order valence-corrected chi connectivity index (χ3v) is 3.09. The van der Waals surface area contributed by atoms with Crippen molar-refractivity contribution in [2.24, 2.45) is 17.8 Å². The molecule has 4 atom stereocenters. The smallest absolute Gasteiger partial charge is 0.0575 e. The molecule has 0 aromatic rings. The zero-order valence-corrected chi connectivity index (χ0v) is 7.42. The zero-order valence-electron chi connectivity index (χ0n) is 7.42. The van der Waals surface area contributed by atoms with E-state index in [0.29, 0.717) is 6.10 Å². The van der Waals surface area contributed by atoms with Gasteiger partial charge in [-0.3, -0.25) is 0 Å². The van der Waals surface area contributed by atoms with E-state index in [1.54, 1.807) is 0 Å². The second kappa shape index (κ2) is 2.91. The van der Waals surface area contributed by atoms with E-state index >= 15 is 0 Å². The van der Waals surface area contributed by atoms with Gasteiger partial charge in [-0.25, -0.2) is 0 Å². The summed E-state index contributed by atoms with van der Waals surface area (Å²) in [4.78, 5) is 0. The van der Waals surface area contributed by atoms with Crippen LogP contribution in [0.4, 0.5) is 0 Å². The van der Waals surface area contributed by atoms with Gasteiger partial charge in [-0.15, -0.1) is 0 Å². The van der Waals surface area contributed by atoms with Crippen LogP contribution in [0.5, 0.6) is 0 Å². The van der Waals surface area contributed by atoms with Crippen LogP contribution in [0.1, 0.15) is 27.7 Å². The van der Waals surface area contributed by atoms with Crippen molar-refractivity contribution in [3.8, 4) is 0 Å². The van der Waals surface area contributed by atoms with Gasteiger partial charge in [0.05, 0.1) is 6.10 Å². The van der Waals surface area contributed by atoms with Crippen LogP contribution in [0, 0.1) is 17.8 Å². The molecule has 1 fully saturated rings. The van der Waals surface area contributed by atoms with E-state index < -0.39 is 0 Å². The van der Waals surface area contributed by atoms with Crippen molar-refractivity contribution in [2.45, 2.75) is 33.8 Å². The van der Waals surface area contributed by atoms with Crippen LogP contribution in [0.3, 0.4) is 0 Å². The van der Waals surface area contributed by atoms with Gasteiger partial charge in [0, 0.05) is 6.61 Å². The molecule has 0 N–H and O–H groups in total. The van der Waals surface area contributed by atoms with Crippen molar-refractivity contribution in [3.63, 3.8) is 0 Å². The van der Waals surface area contributed by atoms with Crippen LogP contribution in [0.2, 0.25) is 0 Å². The van der Waals surface area contributed by atoms with Gasteiger partial charge in [-0.05, 0) is 24.7 Å². The highest BCUT2D eigenvalue weighted by Crippen LogP contribution is 2.29. The molecule has 1 rings (SSSR count). The normalized spacial score (nSPS) is 49.2. The number of rotatable bonds is 0. The van der Waals surface area contributed by atoms with Crippen LogP contribution in [0.25, 0.3) is 0 Å². The Morgan fingerprint density at radius 2 is 1.60 bits per heavy atom. The lowest BCUT2D eigenvalue weighted by Crippen LogP contribution is -2.36. The van der Waals surface area contributed by atoms with Crippen molar-refractivity contribution in [1.29, 1.82) is 0 Å². The summed E-state index contributed by atoms with van der Waals surface area (Å²) in [7, 11) is 0. The van der Waals surface area contributed by atoms with E-state index in [0.717, 1.165) is 24.4 Å². The molecular weight excluding hydrogens is 124 g/mol. The molecule has 0 aromatic heterocycles. The molecule has 0 saturated carbocycles. The second-order valence-electron chi connectivity index (χ2n) is 3.73. The minimum Gasteiger partial charge on any atom is -0.378 e. The summed E-state index contributed by atoms with van der Waals surface area (Å²) in [5, 5.41) is 0. The average Bonchev–Trinajstić information content (AvgIpc) is 1.93. The summed E-state index contributed by atoms with van der Waals surface area (Å²) in [6.07, 6.45) is 0.464. The van der Waals surface area contributed by atoms with Gasteiger partial charge in [0.25, 0.3) is 0 Å². The van der Waals surface area contributed by atoms with Crippen molar-refractivity contribution < 1.29 is 4.74 Å². The van der Waals surface area contributed by atoms with Crippen LogP contribution >= 0.6 is 0 Å². The standard InChI is InChI=1S/C9H18O/c1-6-5-10-9(4)8(3)7(6)2/h6-9H,5H2,1-4H3/t6-,7+,8?,9-/m1/s1. The molecule has 0 bridgehead atoms. The van der Waals surface area contributed by atoms with Crippen molar-refractivity contribution in [2.75, 3.05) is 6.61 Å². The van der Waals surface area contributed by atoms with Crippen LogP contribution < -0.4 is 0 Å². The molecule has 60 valence electrons. The summed E-state index contributed by atoms with van der Waals surface area (Å²) < 4.78 is 5.57. The maximum absolute atomic E-state index is 5.57. The van der Waals surface area contributed by atoms with Gasteiger partial charge >= 0.3 is 0 Å². The second-order valence-corrected chi connectivity index (χ2v) is 3.73. The molecule has 1 aliphatic rings. The van der Waals surface area contributed by atoms with E-state index in [9.17, 15) is 0 Å². The van der Waals surface area contributed by atoms with Gasteiger partial charge in [0.1, 0.15) is 0 Å². The van der Waals surface area contributed by atoms with Gasteiger partial charge in [0.15, 0.2) is 0 Å². The minimum atomic E-state index is 0.464. The van der Waals surface area contributed by atoms with Crippen LogP contribution in [-0.2, 0) is 4.74 Å². The summed E-state index contributed by atoms with van der Waals surface area (Å²) >= 11 is 0. The van der Waals surface area contributed by atoms with E-state index in [1.165, 1.54) is 0 Å². The van der Waals surface area contributed by atoms with Crippen LogP contribution in [-0.4, -0.2) is 12.7 Å². The fourth-order valence-electron chi connectivity index (χ4n) is 1.55. The molecular formula is C9H18O. The fraction of sp³-hybridized carbons (Fsp3) is 1.00. The van der Waals surface area contributed by atoms with E-state index in [2.05, 4.69) is 27.7 Å². The maximum Gasteiger partial charge on any atom is 0.0575 e. The van der Waals surface area contributed by atoms with E-state index in [4.69, 9.17) is 4.74 Å². The molecule has 0 amide bonds. The Kier molecular flexibility index (Phi) is 2.35. The minimum absolute atomic E-state index is 0.464. The average molecular weight is 142 g/mol. The summed E-state index contributed by atoms with van der Waals surface area (Å²) in [6.45, 7) is 10.0. The third kappa shape index (κ3) is 1.34. The van der Waals surface area contributed by atoms with Gasteiger partial charge < -0.3 is 4.74 Å². The van der Waals surface area contributed by atoms with Gasteiger partial charge in [0.2, 0.25) is 0 Å². The first-order chi connectivity index (χ1) is 4.63. The first-order valence-electron chi connectivity index (χ1n) is 4.24.